The van der Waals surface area contributed by atoms with Crippen LogP contribution in [-0.4, -0.2) is 67.9 Å². The van der Waals surface area contributed by atoms with Gasteiger partial charge in [0.15, 0.2) is 0 Å². The maximum atomic E-state index is 13.4. The average Bonchev–Trinajstić information content (AvgIpc) is 3.17. The van der Waals surface area contributed by atoms with Gasteiger partial charge in [0.05, 0.1) is 25.3 Å². The van der Waals surface area contributed by atoms with E-state index in [9.17, 15) is 4.79 Å². The Hall–Kier alpha value is -2.58. The molecular formula is C24H30N4O3S. The monoisotopic (exact) mass is 454 g/mol. The number of carbonyl (C=O) groups excluding carboxylic acids is 1. The SMILES string of the molecule is COc1ccc2c(c1)CC1C(N2)SC(C(=O)N2CCN(c3ccccc3OC)CC2)C1N. The van der Waals surface area contributed by atoms with Crippen LogP contribution in [0.3, 0.4) is 0 Å². The number of anilines is 2. The predicted octanol–water partition coefficient (Wildman–Crippen LogP) is 2.41. The number of amides is 1. The molecule has 8 heteroatoms. The van der Waals surface area contributed by atoms with Gasteiger partial charge in [0, 0.05) is 43.8 Å². The number of benzene rings is 2. The van der Waals surface area contributed by atoms with Crippen molar-refractivity contribution in [1.29, 1.82) is 0 Å². The third-order valence-electron chi connectivity index (χ3n) is 6.85. The average molecular weight is 455 g/mol. The number of ether oxygens (including phenoxy) is 2. The summed E-state index contributed by atoms with van der Waals surface area (Å²) in [5.74, 6) is 2.11. The molecular weight excluding hydrogens is 424 g/mol. The zero-order valence-corrected chi connectivity index (χ0v) is 19.3. The lowest BCUT2D eigenvalue weighted by Gasteiger charge is -2.38. The van der Waals surface area contributed by atoms with Crippen LogP contribution < -0.4 is 25.4 Å². The number of hydrogen-bond acceptors (Lipinski definition) is 7. The van der Waals surface area contributed by atoms with E-state index in [4.69, 9.17) is 15.2 Å². The van der Waals surface area contributed by atoms with Crippen LogP contribution in [0.15, 0.2) is 42.5 Å². The lowest BCUT2D eigenvalue weighted by molar-refractivity contribution is -0.131. The fourth-order valence-electron chi connectivity index (χ4n) is 5.04. The Balaban J connectivity index is 1.24. The van der Waals surface area contributed by atoms with Gasteiger partial charge in [0.1, 0.15) is 16.7 Å². The molecule has 0 bridgehead atoms. The number of fused-ring (bicyclic) bond motifs is 2. The molecule has 170 valence electrons. The fraction of sp³-hybridized carbons (Fsp3) is 0.458. The predicted molar refractivity (Wildman–Crippen MR) is 129 cm³/mol. The van der Waals surface area contributed by atoms with E-state index in [0.29, 0.717) is 13.1 Å². The van der Waals surface area contributed by atoms with Crippen molar-refractivity contribution in [3.8, 4) is 11.5 Å². The van der Waals surface area contributed by atoms with Crippen molar-refractivity contribution in [3.63, 3.8) is 0 Å². The summed E-state index contributed by atoms with van der Waals surface area (Å²) in [6, 6.07) is 14.0. The first-order chi connectivity index (χ1) is 15.6. The van der Waals surface area contributed by atoms with E-state index in [0.717, 1.165) is 42.4 Å². The number of methoxy groups -OCH3 is 2. The molecule has 0 saturated carbocycles. The number of nitrogens with two attached hydrogens (primary N) is 1. The minimum Gasteiger partial charge on any atom is -0.497 e. The third kappa shape index (κ3) is 3.75. The Morgan fingerprint density at radius 3 is 2.62 bits per heavy atom. The first-order valence-electron chi connectivity index (χ1n) is 11.1. The van der Waals surface area contributed by atoms with Gasteiger partial charge in [-0.25, -0.2) is 0 Å². The molecule has 4 unspecified atom stereocenters. The van der Waals surface area contributed by atoms with E-state index in [1.165, 1.54) is 5.56 Å². The fourth-order valence-corrected chi connectivity index (χ4v) is 6.67. The number of para-hydroxylation sites is 2. The van der Waals surface area contributed by atoms with Gasteiger partial charge in [-0.3, -0.25) is 4.79 Å². The summed E-state index contributed by atoms with van der Waals surface area (Å²) in [5.41, 5.74) is 10.1. The van der Waals surface area contributed by atoms with Crippen molar-refractivity contribution < 1.29 is 14.3 Å². The van der Waals surface area contributed by atoms with Crippen LogP contribution in [0.25, 0.3) is 0 Å². The second-order valence-electron chi connectivity index (χ2n) is 8.57. The van der Waals surface area contributed by atoms with Crippen molar-refractivity contribution in [2.24, 2.45) is 11.7 Å². The van der Waals surface area contributed by atoms with Crippen molar-refractivity contribution in [2.45, 2.75) is 23.1 Å². The smallest absolute Gasteiger partial charge is 0.237 e. The lowest BCUT2D eigenvalue weighted by atomic mass is 9.87. The third-order valence-corrected chi connectivity index (χ3v) is 8.42. The van der Waals surface area contributed by atoms with Crippen molar-refractivity contribution in [2.75, 3.05) is 50.6 Å². The maximum absolute atomic E-state index is 13.4. The van der Waals surface area contributed by atoms with E-state index in [-0.39, 0.29) is 28.5 Å². The van der Waals surface area contributed by atoms with Crippen LogP contribution in [0, 0.1) is 5.92 Å². The van der Waals surface area contributed by atoms with Crippen LogP contribution >= 0.6 is 11.8 Å². The number of nitrogens with zero attached hydrogens (tertiary/aromatic N) is 2. The highest BCUT2D eigenvalue weighted by molar-refractivity contribution is 8.01. The Kier molecular flexibility index (Phi) is 5.82. The molecule has 2 fully saturated rings. The second-order valence-corrected chi connectivity index (χ2v) is 9.86. The molecule has 2 aromatic rings. The standard InChI is InChI=1S/C24H30N4O3S/c1-30-16-7-8-18-15(13-16)14-17-21(25)22(32-23(17)26-18)24(29)28-11-9-27(10-12-28)19-5-3-4-6-20(19)31-2/h3-8,13,17,21-23,26H,9-12,14,25H2,1-2H3. The Labute approximate surface area is 193 Å². The van der Waals surface area contributed by atoms with Crippen LogP contribution in [0.5, 0.6) is 11.5 Å². The second kappa shape index (κ2) is 8.75. The van der Waals surface area contributed by atoms with Gasteiger partial charge in [0.25, 0.3) is 0 Å². The summed E-state index contributed by atoms with van der Waals surface area (Å²) in [6.45, 7) is 2.96. The van der Waals surface area contributed by atoms with Gasteiger partial charge in [-0.2, -0.15) is 0 Å². The van der Waals surface area contributed by atoms with Crippen LogP contribution in [0.2, 0.25) is 0 Å². The molecule has 0 aromatic heterocycles. The maximum Gasteiger partial charge on any atom is 0.237 e. The Morgan fingerprint density at radius 2 is 1.88 bits per heavy atom. The lowest BCUT2D eigenvalue weighted by Crippen LogP contribution is -2.54. The van der Waals surface area contributed by atoms with Gasteiger partial charge in [0.2, 0.25) is 5.91 Å². The molecule has 3 heterocycles. The van der Waals surface area contributed by atoms with Crippen molar-refractivity contribution in [1.82, 2.24) is 4.90 Å². The normalized spacial score (nSPS) is 26.7. The molecule has 0 aliphatic carbocycles. The van der Waals surface area contributed by atoms with E-state index >= 15 is 0 Å². The van der Waals surface area contributed by atoms with E-state index in [1.54, 1.807) is 26.0 Å². The summed E-state index contributed by atoms with van der Waals surface area (Å²) in [5, 5.41) is 3.55. The summed E-state index contributed by atoms with van der Waals surface area (Å²) in [7, 11) is 3.37. The highest BCUT2D eigenvalue weighted by Gasteiger charge is 2.48. The number of piperazine rings is 1. The topological polar surface area (TPSA) is 80.1 Å². The number of rotatable bonds is 4. The highest BCUT2D eigenvalue weighted by atomic mass is 32.2. The molecule has 2 aromatic carbocycles. The molecule has 2 saturated heterocycles. The summed E-state index contributed by atoms with van der Waals surface area (Å²) in [6.07, 6.45) is 0.865. The first kappa shape index (κ1) is 21.3. The largest absolute Gasteiger partial charge is 0.497 e. The summed E-state index contributed by atoms with van der Waals surface area (Å²) >= 11 is 1.69. The molecule has 0 spiro atoms. The Bertz CT molecular complexity index is 995. The number of nitrogens with one attached hydrogen (secondary N) is 1. The van der Waals surface area contributed by atoms with Gasteiger partial charge in [-0.1, -0.05) is 12.1 Å². The number of thioether (sulfide) groups is 1. The minimum absolute atomic E-state index is 0.162. The van der Waals surface area contributed by atoms with E-state index in [2.05, 4.69) is 28.4 Å². The molecule has 1 amide bonds. The summed E-state index contributed by atoms with van der Waals surface area (Å²) < 4.78 is 10.9. The Morgan fingerprint density at radius 1 is 1.09 bits per heavy atom. The van der Waals surface area contributed by atoms with Gasteiger partial charge >= 0.3 is 0 Å². The highest BCUT2D eigenvalue weighted by Crippen LogP contribution is 2.45. The number of hydrogen-bond donors (Lipinski definition) is 2. The molecule has 32 heavy (non-hydrogen) atoms. The quantitative estimate of drug-likeness (QED) is 0.734. The van der Waals surface area contributed by atoms with E-state index < -0.39 is 0 Å². The molecule has 3 aliphatic heterocycles. The molecule has 5 rings (SSSR count). The molecule has 7 nitrogen and oxygen atoms in total. The van der Waals surface area contributed by atoms with Crippen molar-refractivity contribution in [3.05, 3.63) is 48.0 Å². The van der Waals surface area contributed by atoms with Crippen LogP contribution in [-0.2, 0) is 11.2 Å². The molecule has 3 N–H and O–H groups in total. The van der Waals surface area contributed by atoms with E-state index in [1.807, 2.05) is 29.2 Å². The van der Waals surface area contributed by atoms with Gasteiger partial charge in [-0.05, 0) is 42.3 Å². The van der Waals surface area contributed by atoms with Crippen LogP contribution in [0.1, 0.15) is 5.56 Å². The van der Waals surface area contributed by atoms with Gasteiger partial charge in [-0.15, -0.1) is 11.8 Å². The molecule has 3 aliphatic rings. The first-order valence-corrected chi connectivity index (χ1v) is 12.0. The van der Waals surface area contributed by atoms with Gasteiger partial charge < -0.3 is 30.3 Å². The van der Waals surface area contributed by atoms with Crippen molar-refractivity contribution >= 4 is 29.0 Å². The minimum atomic E-state index is -0.216. The zero-order valence-electron chi connectivity index (χ0n) is 18.5. The van der Waals surface area contributed by atoms with Crippen LogP contribution in [0.4, 0.5) is 11.4 Å². The summed E-state index contributed by atoms with van der Waals surface area (Å²) in [4.78, 5) is 17.7. The number of carbonyl (C=O) groups is 1. The zero-order chi connectivity index (χ0) is 22.2. The molecule has 0 radical (unpaired) electrons. The molecule has 4 atom stereocenters.